The Bertz CT molecular complexity index is 374. The summed E-state index contributed by atoms with van der Waals surface area (Å²) in [7, 11) is 0. The Hall–Kier alpha value is -1.35. The van der Waals surface area contributed by atoms with Crippen LogP contribution < -0.4 is 10.5 Å². The van der Waals surface area contributed by atoms with Gasteiger partial charge in [-0.1, -0.05) is 13.5 Å². The highest BCUT2D eigenvalue weighted by Crippen LogP contribution is 2.25. The Labute approximate surface area is 95.9 Å². The van der Waals surface area contributed by atoms with Crippen LogP contribution in [0.15, 0.2) is 30.4 Å². The molecule has 0 bridgehead atoms. The van der Waals surface area contributed by atoms with Gasteiger partial charge in [-0.05, 0) is 37.1 Å². The third-order valence-corrected chi connectivity index (χ3v) is 2.39. The molecular weight excluding hydrogens is 205 g/mol. The number of hydrogen-bond acceptors (Lipinski definition) is 2. The van der Waals surface area contributed by atoms with E-state index in [1.807, 2.05) is 6.92 Å². The molecule has 0 aliphatic carbocycles. The fourth-order valence-electron chi connectivity index (χ4n) is 1.29. The van der Waals surface area contributed by atoms with E-state index in [4.69, 9.17) is 10.5 Å². The summed E-state index contributed by atoms with van der Waals surface area (Å²) in [6.07, 6.45) is 0.870. The van der Waals surface area contributed by atoms with Crippen LogP contribution in [0.1, 0.15) is 31.9 Å². The van der Waals surface area contributed by atoms with Gasteiger partial charge in [-0.25, -0.2) is 4.39 Å². The van der Waals surface area contributed by atoms with E-state index in [0.29, 0.717) is 17.9 Å². The Kier molecular flexibility index (Phi) is 4.50. The van der Waals surface area contributed by atoms with Gasteiger partial charge in [0.05, 0.1) is 0 Å². The molecule has 0 saturated carbocycles. The van der Waals surface area contributed by atoms with Crippen molar-refractivity contribution in [2.24, 2.45) is 5.73 Å². The summed E-state index contributed by atoms with van der Waals surface area (Å²) in [6, 6.07) is 4.14. The van der Waals surface area contributed by atoms with Crippen molar-refractivity contribution >= 4 is 0 Å². The van der Waals surface area contributed by atoms with E-state index < -0.39 is 0 Å². The lowest BCUT2D eigenvalue weighted by molar-refractivity contribution is 0.342. The van der Waals surface area contributed by atoms with Gasteiger partial charge in [0.1, 0.15) is 18.2 Å². The number of rotatable bonds is 5. The van der Waals surface area contributed by atoms with E-state index in [9.17, 15) is 4.39 Å². The average molecular weight is 223 g/mol. The molecule has 1 aromatic rings. The summed E-state index contributed by atoms with van der Waals surface area (Å²) in [5, 5.41) is 0. The van der Waals surface area contributed by atoms with Crippen molar-refractivity contribution < 1.29 is 9.13 Å². The second-order valence-corrected chi connectivity index (χ2v) is 3.86. The predicted molar refractivity (Wildman–Crippen MR) is 63.9 cm³/mol. The van der Waals surface area contributed by atoms with Gasteiger partial charge >= 0.3 is 0 Å². The van der Waals surface area contributed by atoms with E-state index >= 15 is 0 Å². The van der Waals surface area contributed by atoms with Crippen LogP contribution in [-0.2, 0) is 0 Å². The minimum Gasteiger partial charge on any atom is -0.489 e. The van der Waals surface area contributed by atoms with Crippen molar-refractivity contribution in [3.63, 3.8) is 0 Å². The fourth-order valence-corrected chi connectivity index (χ4v) is 1.29. The van der Waals surface area contributed by atoms with Crippen LogP contribution in [-0.4, -0.2) is 6.61 Å². The molecule has 0 heterocycles. The van der Waals surface area contributed by atoms with Gasteiger partial charge < -0.3 is 10.5 Å². The zero-order chi connectivity index (χ0) is 12.1. The SMILES string of the molecule is C=C(CC)COc1ccc(F)cc1C(C)N. The maximum absolute atomic E-state index is 13.0. The quantitative estimate of drug-likeness (QED) is 0.778. The molecule has 3 heteroatoms. The van der Waals surface area contributed by atoms with Crippen molar-refractivity contribution in [3.05, 3.63) is 41.7 Å². The van der Waals surface area contributed by atoms with Crippen LogP contribution in [0.5, 0.6) is 5.75 Å². The van der Waals surface area contributed by atoms with Crippen LogP contribution in [0.3, 0.4) is 0 Å². The van der Waals surface area contributed by atoms with Crippen LogP contribution >= 0.6 is 0 Å². The molecule has 1 rings (SSSR count). The first-order valence-corrected chi connectivity index (χ1v) is 5.39. The summed E-state index contributed by atoms with van der Waals surface area (Å²) < 4.78 is 18.6. The molecule has 1 atom stereocenters. The van der Waals surface area contributed by atoms with Crippen molar-refractivity contribution in [2.45, 2.75) is 26.3 Å². The van der Waals surface area contributed by atoms with E-state index in [0.717, 1.165) is 12.0 Å². The summed E-state index contributed by atoms with van der Waals surface area (Å²) in [4.78, 5) is 0. The molecule has 0 amide bonds. The molecule has 16 heavy (non-hydrogen) atoms. The predicted octanol–water partition coefficient (Wildman–Crippen LogP) is 3.19. The van der Waals surface area contributed by atoms with Gasteiger partial charge in [0.15, 0.2) is 0 Å². The largest absolute Gasteiger partial charge is 0.489 e. The lowest BCUT2D eigenvalue weighted by Crippen LogP contribution is -2.09. The number of ether oxygens (including phenoxy) is 1. The molecule has 0 fully saturated rings. The van der Waals surface area contributed by atoms with Crippen molar-refractivity contribution in [3.8, 4) is 5.75 Å². The first-order valence-electron chi connectivity index (χ1n) is 5.39. The average Bonchev–Trinajstić information content (AvgIpc) is 2.26. The number of benzene rings is 1. The van der Waals surface area contributed by atoms with Crippen LogP contribution in [0, 0.1) is 5.82 Å². The second-order valence-electron chi connectivity index (χ2n) is 3.86. The fraction of sp³-hybridized carbons (Fsp3) is 0.385. The molecule has 2 N–H and O–H groups in total. The number of nitrogens with two attached hydrogens (primary N) is 1. The molecular formula is C13H18FNO. The highest BCUT2D eigenvalue weighted by molar-refractivity contribution is 5.36. The molecule has 0 spiro atoms. The zero-order valence-corrected chi connectivity index (χ0v) is 9.79. The molecule has 0 radical (unpaired) electrons. The lowest BCUT2D eigenvalue weighted by Gasteiger charge is -2.14. The van der Waals surface area contributed by atoms with Crippen LogP contribution in [0.4, 0.5) is 4.39 Å². The number of halogens is 1. The van der Waals surface area contributed by atoms with Gasteiger partial charge in [0.25, 0.3) is 0 Å². The molecule has 0 aliphatic heterocycles. The van der Waals surface area contributed by atoms with Gasteiger partial charge in [-0.15, -0.1) is 0 Å². The first-order chi connectivity index (χ1) is 7.54. The summed E-state index contributed by atoms with van der Waals surface area (Å²) in [5.41, 5.74) is 7.44. The summed E-state index contributed by atoms with van der Waals surface area (Å²) >= 11 is 0. The maximum atomic E-state index is 13.0. The lowest BCUT2D eigenvalue weighted by atomic mass is 10.1. The topological polar surface area (TPSA) is 35.2 Å². The van der Waals surface area contributed by atoms with Crippen molar-refractivity contribution in [2.75, 3.05) is 6.61 Å². The van der Waals surface area contributed by atoms with E-state index in [-0.39, 0.29) is 11.9 Å². The van der Waals surface area contributed by atoms with Gasteiger partial charge in [0, 0.05) is 11.6 Å². The Morgan fingerprint density at radius 2 is 2.25 bits per heavy atom. The highest BCUT2D eigenvalue weighted by atomic mass is 19.1. The first kappa shape index (κ1) is 12.7. The zero-order valence-electron chi connectivity index (χ0n) is 9.79. The van der Waals surface area contributed by atoms with Crippen LogP contribution in [0.25, 0.3) is 0 Å². The van der Waals surface area contributed by atoms with Gasteiger partial charge in [-0.3, -0.25) is 0 Å². The molecule has 2 nitrogen and oxygen atoms in total. The van der Waals surface area contributed by atoms with E-state index in [2.05, 4.69) is 6.58 Å². The Morgan fingerprint density at radius 1 is 1.56 bits per heavy atom. The smallest absolute Gasteiger partial charge is 0.124 e. The molecule has 88 valence electrons. The third kappa shape index (κ3) is 3.35. The normalized spacial score (nSPS) is 12.2. The highest BCUT2D eigenvalue weighted by Gasteiger charge is 2.09. The van der Waals surface area contributed by atoms with Gasteiger partial charge in [0.2, 0.25) is 0 Å². The van der Waals surface area contributed by atoms with Gasteiger partial charge in [-0.2, -0.15) is 0 Å². The minimum absolute atomic E-state index is 0.249. The molecule has 0 aromatic heterocycles. The standard InChI is InChI=1S/C13H18FNO/c1-4-9(2)8-16-13-6-5-11(14)7-12(13)10(3)15/h5-7,10H,2,4,8,15H2,1,3H3. The molecule has 1 aromatic carbocycles. The Balaban J connectivity index is 2.82. The van der Waals surface area contributed by atoms with E-state index in [1.54, 1.807) is 13.0 Å². The summed E-state index contributed by atoms with van der Waals surface area (Å²) in [5.74, 6) is 0.333. The second kappa shape index (κ2) is 5.66. The number of hydrogen-bond donors (Lipinski definition) is 1. The summed E-state index contributed by atoms with van der Waals surface area (Å²) in [6.45, 7) is 8.11. The van der Waals surface area contributed by atoms with Crippen molar-refractivity contribution in [1.82, 2.24) is 0 Å². The molecule has 1 unspecified atom stereocenters. The Morgan fingerprint density at radius 3 is 2.81 bits per heavy atom. The third-order valence-electron chi connectivity index (χ3n) is 2.39. The van der Waals surface area contributed by atoms with Crippen molar-refractivity contribution in [1.29, 1.82) is 0 Å². The molecule has 0 saturated heterocycles. The maximum Gasteiger partial charge on any atom is 0.124 e. The van der Waals surface area contributed by atoms with Crippen LogP contribution in [0.2, 0.25) is 0 Å². The monoisotopic (exact) mass is 223 g/mol. The molecule has 0 aliphatic rings. The van der Waals surface area contributed by atoms with E-state index in [1.165, 1.54) is 12.1 Å². The minimum atomic E-state index is -0.297.